The van der Waals surface area contributed by atoms with Gasteiger partial charge in [-0.3, -0.25) is 0 Å². The van der Waals surface area contributed by atoms with Crippen LogP contribution in [0.15, 0.2) is 207 Å². The Kier molecular flexibility index (Phi) is 12.9. The Hall–Kier alpha value is -12.3. The monoisotopic (exact) mass is 1270 g/mol. The summed E-state index contributed by atoms with van der Waals surface area (Å²) in [5, 5.41) is 5.31. The molecule has 21 heteroatoms. The van der Waals surface area contributed by atoms with Gasteiger partial charge in [-0.1, -0.05) is 0 Å². The fourth-order valence-electron chi connectivity index (χ4n) is 11.9. The van der Waals surface area contributed by atoms with Crippen molar-refractivity contribution in [1.29, 1.82) is 0 Å². The summed E-state index contributed by atoms with van der Waals surface area (Å²) >= 11 is 0. The molecule has 2 aliphatic rings. The number of ether oxygens (including phenoxy) is 4. The molecule has 1 radical (unpaired) electrons. The maximum Gasteiger partial charge on any atom is 2.00 e. The van der Waals surface area contributed by atoms with Crippen molar-refractivity contribution in [3.05, 3.63) is 234 Å². The van der Waals surface area contributed by atoms with Gasteiger partial charge in [0, 0.05) is 115 Å². The van der Waals surface area contributed by atoms with Crippen LogP contribution >= 0.6 is 0 Å². The molecule has 0 spiro atoms. The average molecular weight is 1270 g/mol. The normalized spacial score (nSPS) is 11.7. The molecule has 7 aromatic heterocycles. The first kappa shape index (κ1) is 55.9. The molecule has 449 valence electrons. The summed E-state index contributed by atoms with van der Waals surface area (Å²) in [6.07, 6.45) is 0. The minimum atomic E-state index is -0.478. The number of hydrogen-bond donors (Lipinski definition) is 0. The third-order valence-electron chi connectivity index (χ3n) is 16.2. The van der Waals surface area contributed by atoms with E-state index in [0.717, 1.165) is 43.8 Å². The van der Waals surface area contributed by atoms with E-state index in [-0.39, 0.29) is 62.7 Å². The number of rotatable bonds is 8. The van der Waals surface area contributed by atoms with E-state index in [1.807, 2.05) is 76.2 Å². The van der Waals surface area contributed by atoms with Gasteiger partial charge in [-0.15, -0.1) is 0 Å². The molecular weight excluding hydrogens is 1230 g/mol. The molecule has 0 aliphatic carbocycles. The summed E-state index contributed by atoms with van der Waals surface area (Å²) in [4.78, 5) is 91.1. The summed E-state index contributed by atoms with van der Waals surface area (Å²) in [5.74, 6) is 4.26. The van der Waals surface area contributed by atoms with Crippen LogP contribution in [0.1, 0.15) is 22.3 Å². The number of benzene rings is 8. The number of aryl methyl sites for hydroxylation is 4. The average Bonchev–Trinajstić information content (AvgIpc) is 1.63. The third kappa shape index (κ3) is 9.96. The molecule has 93 heavy (non-hydrogen) atoms. The molecule has 2 aliphatic heterocycles. The smallest absolute Gasteiger partial charge is 0.457 e. The number of fused-ring (bicyclic) bond motifs is 24. The zero-order valence-corrected chi connectivity index (χ0v) is 50.0. The Morgan fingerprint density at radius 1 is 0.269 bits per heavy atom. The molecule has 0 fully saturated rings. The molecule has 0 atom stereocenters. The molecule has 8 aromatic carbocycles. The van der Waals surface area contributed by atoms with E-state index in [4.69, 9.17) is 76.5 Å². The van der Waals surface area contributed by atoms with Gasteiger partial charge in [-0.25, -0.2) is 29.1 Å². The molecule has 9 heterocycles. The zero-order chi connectivity index (χ0) is 62.2. The second-order valence-electron chi connectivity index (χ2n) is 22.3. The minimum Gasteiger partial charge on any atom is -0.457 e. The van der Waals surface area contributed by atoms with Crippen LogP contribution in [0, 0.1) is 27.7 Å². The largest absolute Gasteiger partial charge is 2.00 e. The van der Waals surface area contributed by atoms with E-state index in [2.05, 4.69) is 0 Å². The van der Waals surface area contributed by atoms with Crippen molar-refractivity contribution in [1.82, 2.24) is 39.9 Å². The van der Waals surface area contributed by atoms with E-state index >= 15 is 0 Å². The van der Waals surface area contributed by atoms with E-state index in [0.29, 0.717) is 112 Å². The van der Waals surface area contributed by atoms with Gasteiger partial charge in [0.1, 0.15) is 68.3 Å². The summed E-state index contributed by atoms with van der Waals surface area (Å²) in [6, 6.07) is 48.6. The fraction of sp³-hybridized carbons (Fsp3) is 0.0556. The number of nitrogens with zero attached hydrogens (tertiary/aromatic N) is 8. The maximum atomic E-state index is 12.4. The third-order valence-corrected chi connectivity index (χ3v) is 16.2. The SMILES string of the molecule is Cc1cc(=O)oc2cc(Oc3ccc4c(c3)-c3nc-4nc4[n-]c(nc5nc(nc6[n-]c(n3)c3cc(Oc7ccc8c(C)cc(=O)oc8c7)ccc63)-c3ccc(Oc6ccc7c(C)cc(=O)oc7c6)cc3-5)c3cc(Oc5ccc6c(C)cc(=O)oc6c5)ccc43)ccc12.[Co+2]. The standard InChI is InChI=1S/C72H40N8O12.Co/c1-33-21-61(81)89-57-29-41(5-13-45(33)57)85-37-9-17-49-53(25-37)69-75-65(49)73-66-51-19-11-39(87-43-7-15-47-35(3)23-63(83)91-59(47)31-43)27-55(51)71(77-66)80-72-56-28-40(88-44-8-16-48-36(4)24-64(84)92-60(48)32-44)12-20-52(56)68(78-72)74-67-50-18-10-38(26-54(50)70(76-67)79-69)86-42-6-14-46-34(2)22-62(82)90-58(46)30-42;/h5-32H,1-4H3;/q-2;+2. The molecule has 15 aromatic rings. The van der Waals surface area contributed by atoms with Crippen molar-refractivity contribution >= 4 is 88.0 Å². The molecule has 20 nitrogen and oxygen atoms in total. The van der Waals surface area contributed by atoms with Gasteiger partial charge in [0.25, 0.3) is 0 Å². The van der Waals surface area contributed by atoms with E-state index in [1.165, 1.54) is 24.3 Å². The topological polar surface area (TPSA) is 263 Å². The van der Waals surface area contributed by atoms with Crippen LogP contribution in [0.2, 0.25) is 0 Å². The second-order valence-corrected chi connectivity index (χ2v) is 22.3. The van der Waals surface area contributed by atoms with Gasteiger partial charge in [-0.05, 0) is 193 Å². The van der Waals surface area contributed by atoms with Crippen molar-refractivity contribution in [2.45, 2.75) is 27.7 Å². The van der Waals surface area contributed by atoms with Crippen LogP contribution in [0.5, 0.6) is 46.0 Å². The molecule has 0 N–H and O–H groups in total. The van der Waals surface area contributed by atoms with Crippen molar-refractivity contribution < 1.29 is 53.4 Å². The molecule has 0 unspecified atom stereocenters. The summed E-state index contributed by atoms with van der Waals surface area (Å²) in [6.45, 7) is 7.37. The van der Waals surface area contributed by atoms with Crippen molar-refractivity contribution in [3.8, 4) is 91.5 Å². The van der Waals surface area contributed by atoms with Crippen LogP contribution in [-0.2, 0) is 16.8 Å². The quantitative estimate of drug-likeness (QED) is 0.128. The number of aromatic nitrogens is 8. The first-order valence-electron chi connectivity index (χ1n) is 28.9. The van der Waals surface area contributed by atoms with Gasteiger partial charge in [0.2, 0.25) is 0 Å². The molecule has 17 rings (SSSR count). The Bertz CT molecular complexity index is 5850. The predicted molar refractivity (Wildman–Crippen MR) is 343 cm³/mol. The Labute approximate surface area is 531 Å². The van der Waals surface area contributed by atoms with Crippen LogP contribution in [0.3, 0.4) is 0 Å². The number of hydrogen-bond acceptors (Lipinski definition) is 18. The Morgan fingerprint density at radius 3 is 0.828 bits per heavy atom. The van der Waals surface area contributed by atoms with Crippen LogP contribution in [0.25, 0.3) is 134 Å². The Morgan fingerprint density at radius 2 is 0.516 bits per heavy atom. The fourth-order valence-corrected chi connectivity index (χ4v) is 11.9. The van der Waals surface area contributed by atoms with Crippen LogP contribution in [0.4, 0.5) is 0 Å². The van der Waals surface area contributed by atoms with Crippen molar-refractivity contribution in [2.75, 3.05) is 0 Å². The predicted octanol–water partition coefficient (Wildman–Crippen LogP) is 15.0. The van der Waals surface area contributed by atoms with Gasteiger partial charge < -0.3 is 66.5 Å². The summed E-state index contributed by atoms with van der Waals surface area (Å²) in [5.41, 5.74) is 5.84. The molecular formula is C72H40CoN8O12. The van der Waals surface area contributed by atoms with Gasteiger partial charge >= 0.3 is 39.3 Å². The molecule has 8 bridgehead atoms. The first-order chi connectivity index (χ1) is 44.7. The zero-order valence-electron chi connectivity index (χ0n) is 49.0. The van der Waals surface area contributed by atoms with E-state index in [1.54, 1.807) is 97.1 Å². The van der Waals surface area contributed by atoms with Crippen LogP contribution < -0.4 is 51.4 Å². The van der Waals surface area contributed by atoms with E-state index in [9.17, 15) is 19.2 Å². The summed E-state index contributed by atoms with van der Waals surface area (Å²) in [7, 11) is 0. The van der Waals surface area contributed by atoms with Crippen LogP contribution in [-0.4, -0.2) is 29.9 Å². The minimum absolute atomic E-state index is 0. The first-order valence-corrected chi connectivity index (χ1v) is 28.9. The van der Waals surface area contributed by atoms with Crippen molar-refractivity contribution in [2.24, 2.45) is 0 Å². The maximum absolute atomic E-state index is 12.4. The molecule has 0 saturated carbocycles. The second kappa shape index (κ2) is 21.4. The van der Waals surface area contributed by atoms with Gasteiger partial charge in [0.05, 0.1) is 23.3 Å². The van der Waals surface area contributed by atoms with Gasteiger partial charge in [-0.2, -0.15) is 0 Å². The molecule has 0 amide bonds. The van der Waals surface area contributed by atoms with Gasteiger partial charge in [0.15, 0.2) is 0 Å². The van der Waals surface area contributed by atoms with Crippen molar-refractivity contribution in [3.63, 3.8) is 0 Å². The summed E-state index contributed by atoms with van der Waals surface area (Å²) < 4.78 is 48.2. The Balaban J connectivity index is 0.00000686. The molecule has 0 saturated heterocycles. The van der Waals surface area contributed by atoms with E-state index < -0.39 is 22.5 Å².